The van der Waals surface area contributed by atoms with Crippen LogP contribution in [0.1, 0.15) is 54.2 Å². The van der Waals surface area contributed by atoms with Gasteiger partial charge in [-0.15, -0.1) is 0 Å². The van der Waals surface area contributed by atoms with Gasteiger partial charge in [-0.05, 0) is 61.1 Å². The van der Waals surface area contributed by atoms with Gasteiger partial charge in [0.05, 0.1) is 25.2 Å². The third-order valence-electron chi connectivity index (χ3n) is 9.85. The standard InChI is InChI=1S/C37H44N6O8/c44-32-21-41(34(46)8-6-25-5-7-30-31(19-25)51-24-50-30)15-13-39-33(45)22-42-23-40-35-29(42)9-14-43(37(47)26-10-17-48-18-11-26)36(35)27-3-1-4-28(20-27)49-16-2-12-38-32/h1,3-5,7,19-20,23,26,36H,2,6,8-18,21-22,24H2,(H,38,44)(H,39,45). The highest BCUT2D eigenvalue weighted by molar-refractivity contribution is 5.85. The van der Waals surface area contributed by atoms with Crippen LogP contribution < -0.4 is 24.8 Å². The molecular formula is C37H44N6O8. The van der Waals surface area contributed by atoms with Crippen LogP contribution in [0.2, 0.25) is 0 Å². The first-order chi connectivity index (χ1) is 24.9. The second-order valence-electron chi connectivity index (χ2n) is 13.3. The zero-order valence-electron chi connectivity index (χ0n) is 28.6. The highest BCUT2D eigenvalue weighted by Crippen LogP contribution is 2.38. The number of aryl methyl sites for hydroxylation is 1. The van der Waals surface area contributed by atoms with Crippen LogP contribution in [-0.4, -0.2) is 102 Å². The molecule has 4 aliphatic rings. The largest absolute Gasteiger partial charge is 0.494 e. The van der Waals surface area contributed by atoms with Crippen molar-refractivity contribution in [3.8, 4) is 17.2 Å². The molecular weight excluding hydrogens is 656 g/mol. The maximum absolute atomic E-state index is 13.9. The molecule has 4 amide bonds. The maximum atomic E-state index is 13.9. The molecule has 1 saturated heterocycles. The number of ether oxygens (including phenoxy) is 4. The molecule has 5 heterocycles. The average molecular weight is 701 g/mol. The van der Waals surface area contributed by atoms with Crippen molar-refractivity contribution >= 4 is 23.6 Å². The molecule has 0 aliphatic carbocycles. The van der Waals surface area contributed by atoms with Gasteiger partial charge in [-0.25, -0.2) is 4.98 Å². The van der Waals surface area contributed by atoms with Crippen LogP contribution in [0, 0.1) is 5.92 Å². The number of benzene rings is 2. The van der Waals surface area contributed by atoms with Gasteiger partial charge in [0.1, 0.15) is 18.3 Å². The average Bonchev–Trinajstić information content (AvgIpc) is 3.79. The predicted molar refractivity (Wildman–Crippen MR) is 183 cm³/mol. The van der Waals surface area contributed by atoms with Gasteiger partial charge in [0.2, 0.25) is 30.4 Å². The van der Waals surface area contributed by atoms with Gasteiger partial charge in [0.25, 0.3) is 0 Å². The van der Waals surface area contributed by atoms with E-state index in [2.05, 4.69) is 10.6 Å². The monoisotopic (exact) mass is 700 g/mol. The minimum absolute atomic E-state index is 0.0324. The summed E-state index contributed by atoms with van der Waals surface area (Å²) in [5.74, 6) is 1.23. The molecule has 2 N–H and O–H groups in total. The van der Waals surface area contributed by atoms with Gasteiger partial charge in [-0.1, -0.05) is 18.2 Å². The number of nitrogens with zero attached hydrogens (tertiary/aromatic N) is 4. The zero-order valence-corrected chi connectivity index (χ0v) is 28.6. The van der Waals surface area contributed by atoms with Crippen molar-refractivity contribution in [1.82, 2.24) is 30.0 Å². The van der Waals surface area contributed by atoms with Gasteiger partial charge in [0.15, 0.2) is 11.5 Å². The van der Waals surface area contributed by atoms with E-state index >= 15 is 0 Å². The Balaban J connectivity index is 1.07. The normalized spacial score (nSPS) is 20.2. The fourth-order valence-corrected chi connectivity index (χ4v) is 7.15. The van der Waals surface area contributed by atoms with Crippen LogP contribution >= 0.6 is 0 Å². The van der Waals surface area contributed by atoms with Crippen molar-refractivity contribution in [2.45, 2.75) is 51.1 Å². The van der Waals surface area contributed by atoms with E-state index in [4.69, 9.17) is 23.9 Å². The molecule has 0 saturated carbocycles. The Hall–Kier alpha value is -5.11. The van der Waals surface area contributed by atoms with E-state index in [0.717, 1.165) is 22.5 Å². The number of carbonyl (C=O) groups is 4. The van der Waals surface area contributed by atoms with Crippen LogP contribution in [0.4, 0.5) is 0 Å². The van der Waals surface area contributed by atoms with Crippen LogP contribution in [0.25, 0.3) is 0 Å². The van der Waals surface area contributed by atoms with Crippen molar-refractivity contribution in [2.75, 3.05) is 59.3 Å². The second-order valence-corrected chi connectivity index (χ2v) is 13.3. The molecule has 0 radical (unpaired) electrons. The predicted octanol–water partition coefficient (Wildman–Crippen LogP) is 1.99. The number of rotatable bonds is 4. The second kappa shape index (κ2) is 15.8. The minimum Gasteiger partial charge on any atom is -0.494 e. The molecule has 1 atom stereocenters. The summed E-state index contributed by atoms with van der Waals surface area (Å²) < 4.78 is 24.3. The van der Waals surface area contributed by atoms with Crippen LogP contribution in [0.15, 0.2) is 48.8 Å². The third kappa shape index (κ3) is 8.11. The summed E-state index contributed by atoms with van der Waals surface area (Å²) in [5.41, 5.74) is 3.47. The first-order valence-corrected chi connectivity index (χ1v) is 17.8. The summed E-state index contributed by atoms with van der Waals surface area (Å²) in [5, 5.41) is 5.82. The first-order valence-electron chi connectivity index (χ1n) is 17.8. The van der Waals surface area contributed by atoms with Gasteiger partial charge in [0, 0.05) is 63.8 Å². The number of aromatic nitrogens is 2. The van der Waals surface area contributed by atoms with E-state index in [0.29, 0.717) is 82.3 Å². The fourth-order valence-electron chi connectivity index (χ4n) is 7.15. The van der Waals surface area contributed by atoms with Crippen molar-refractivity contribution in [1.29, 1.82) is 0 Å². The first kappa shape index (κ1) is 34.3. The van der Waals surface area contributed by atoms with Crippen LogP contribution in [0.3, 0.4) is 0 Å². The lowest BCUT2D eigenvalue weighted by molar-refractivity contribution is -0.140. The lowest BCUT2D eigenvalue weighted by atomic mass is 9.91. The number of hydrogen-bond acceptors (Lipinski definition) is 9. The number of amides is 4. The van der Waals surface area contributed by atoms with Crippen molar-refractivity contribution in [3.05, 3.63) is 71.3 Å². The van der Waals surface area contributed by atoms with E-state index in [-0.39, 0.29) is 68.9 Å². The molecule has 1 aromatic heterocycles. The molecule has 14 nitrogen and oxygen atoms in total. The van der Waals surface area contributed by atoms with Gasteiger partial charge < -0.3 is 43.9 Å². The molecule has 3 aromatic rings. The number of carbonyl (C=O) groups excluding carboxylic acids is 4. The zero-order chi connectivity index (χ0) is 35.2. The van der Waals surface area contributed by atoms with E-state index in [1.54, 1.807) is 6.33 Å². The molecule has 0 spiro atoms. The van der Waals surface area contributed by atoms with Crippen LogP contribution in [-0.2, 0) is 43.3 Å². The fraction of sp³-hybridized carbons (Fsp3) is 0.486. The van der Waals surface area contributed by atoms with Crippen LogP contribution in [0.5, 0.6) is 17.2 Å². The van der Waals surface area contributed by atoms with Gasteiger partial charge in [-0.2, -0.15) is 0 Å². The summed E-state index contributed by atoms with van der Waals surface area (Å²) in [4.78, 5) is 61.7. The topological polar surface area (TPSA) is 154 Å². The van der Waals surface area contributed by atoms with E-state index < -0.39 is 6.04 Å². The molecule has 14 heteroatoms. The lowest BCUT2D eigenvalue weighted by Gasteiger charge is -2.38. The van der Waals surface area contributed by atoms with E-state index in [1.165, 1.54) is 4.90 Å². The Morgan fingerprint density at radius 2 is 1.71 bits per heavy atom. The molecule has 6 bridgehead atoms. The molecule has 51 heavy (non-hydrogen) atoms. The van der Waals surface area contributed by atoms with Crippen molar-refractivity contribution < 1.29 is 38.1 Å². The SMILES string of the molecule is O=C1CN(C(=O)CCc2ccc3c(c2)OCO3)CCNC(=O)Cn2cnc3c2CCN(C(=O)C2CCOCC2)C3c2cccc(c2)OCCCN1. The van der Waals surface area contributed by atoms with Gasteiger partial charge in [-0.3, -0.25) is 19.2 Å². The quantitative estimate of drug-likeness (QED) is 0.416. The smallest absolute Gasteiger partial charge is 0.240 e. The highest BCUT2D eigenvalue weighted by atomic mass is 16.7. The molecule has 270 valence electrons. The van der Waals surface area contributed by atoms with Crippen molar-refractivity contribution in [2.24, 2.45) is 5.92 Å². The summed E-state index contributed by atoms with van der Waals surface area (Å²) >= 11 is 0. The van der Waals surface area contributed by atoms with E-state index in [9.17, 15) is 19.2 Å². The number of imidazole rings is 1. The Labute approximate surface area is 296 Å². The summed E-state index contributed by atoms with van der Waals surface area (Å²) in [6.45, 7) is 2.79. The Kier molecular flexibility index (Phi) is 10.7. The lowest BCUT2D eigenvalue weighted by Crippen LogP contribution is -2.45. The summed E-state index contributed by atoms with van der Waals surface area (Å²) in [6.07, 6.45) is 4.80. The molecule has 4 aliphatic heterocycles. The van der Waals surface area contributed by atoms with Gasteiger partial charge >= 0.3 is 0 Å². The third-order valence-corrected chi connectivity index (χ3v) is 9.85. The molecule has 1 unspecified atom stereocenters. The molecule has 7 rings (SSSR count). The number of fused-ring (bicyclic) bond motifs is 4. The Bertz CT molecular complexity index is 1750. The van der Waals surface area contributed by atoms with Crippen molar-refractivity contribution in [3.63, 3.8) is 0 Å². The summed E-state index contributed by atoms with van der Waals surface area (Å²) in [6, 6.07) is 12.9. The number of hydrogen-bond donors (Lipinski definition) is 2. The molecule has 1 fully saturated rings. The number of nitrogens with one attached hydrogen (secondary N) is 2. The Morgan fingerprint density at radius 3 is 2.59 bits per heavy atom. The molecule has 2 aromatic carbocycles. The highest BCUT2D eigenvalue weighted by Gasteiger charge is 2.38. The Morgan fingerprint density at radius 1 is 0.882 bits per heavy atom. The minimum atomic E-state index is -0.431. The summed E-state index contributed by atoms with van der Waals surface area (Å²) in [7, 11) is 0. The van der Waals surface area contributed by atoms with E-state index in [1.807, 2.05) is 51.9 Å². The maximum Gasteiger partial charge on any atom is 0.240 e.